The van der Waals surface area contributed by atoms with Gasteiger partial charge in [-0.15, -0.1) is 0 Å². The quantitative estimate of drug-likeness (QED) is 0.772. The normalized spacial score (nSPS) is 36.5. The highest BCUT2D eigenvalue weighted by molar-refractivity contribution is 6.36. The number of aliphatic hydroxyl groups excluding tert-OH is 1. The fourth-order valence-electron chi connectivity index (χ4n) is 6.19. The van der Waals surface area contributed by atoms with Crippen molar-refractivity contribution in [1.82, 2.24) is 5.32 Å². The minimum Gasteiger partial charge on any atom is -0.396 e. The average molecular weight is 412 g/mol. The molecule has 0 unspecified atom stereocenters. The van der Waals surface area contributed by atoms with E-state index in [-0.39, 0.29) is 47.8 Å². The molecule has 0 aromatic heterocycles. The molecule has 3 aliphatic rings. The highest BCUT2D eigenvalue weighted by atomic mass is 35.5. The highest BCUT2D eigenvalue weighted by Gasteiger charge is 2.68. The molecule has 2 saturated carbocycles. The predicted octanol–water partition coefficient (Wildman–Crippen LogP) is 4.37. The number of hydrogen-bond donors (Lipinski definition) is 2. The minimum absolute atomic E-state index is 0.00923. The number of ether oxygens (including phenoxy) is 1. The van der Waals surface area contributed by atoms with E-state index in [0.29, 0.717) is 22.6 Å². The van der Waals surface area contributed by atoms with Gasteiger partial charge >= 0.3 is 0 Å². The zero-order valence-electron chi connectivity index (χ0n) is 15.8. The molecule has 1 aromatic carbocycles. The van der Waals surface area contributed by atoms with Gasteiger partial charge in [0.2, 0.25) is 5.91 Å². The Labute approximate surface area is 170 Å². The highest BCUT2D eigenvalue weighted by Crippen LogP contribution is 2.71. The number of amides is 1. The molecule has 1 spiro atoms. The van der Waals surface area contributed by atoms with Crippen LogP contribution in [-0.4, -0.2) is 30.3 Å². The first-order chi connectivity index (χ1) is 12.8. The molecule has 6 heteroatoms. The van der Waals surface area contributed by atoms with Crippen molar-refractivity contribution in [3.05, 3.63) is 33.8 Å². The second-order valence-corrected chi connectivity index (χ2v) is 9.76. The van der Waals surface area contributed by atoms with Gasteiger partial charge in [0.1, 0.15) is 0 Å². The first kappa shape index (κ1) is 19.5. The maximum absolute atomic E-state index is 12.3. The van der Waals surface area contributed by atoms with Crippen LogP contribution in [-0.2, 0) is 9.53 Å². The van der Waals surface area contributed by atoms with Crippen molar-refractivity contribution in [3.8, 4) is 0 Å². The smallest absolute Gasteiger partial charge is 0.222 e. The number of aliphatic hydroxyl groups is 1. The lowest BCUT2D eigenvalue weighted by Crippen LogP contribution is -2.59. The van der Waals surface area contributed by atoms with E-state index in [1.807, 2.05) is 18.2 Å². The zero-order valence-corrected chi connectivity index (χ0v) is 17.3. The first-order valence-electron chi connectivity index (χ1n) is 9.77. The van der Waals surface area contributed by atoms with Crippen molar-refractivity contribution in [3.63, 3.8) is 0 Å². The van der Waals surface area contributed by atoms with Crippen LogP contribution in [0.3, 0.4) is 0 Å². The van der Waals surface area contributed by atoms with Crippen LogP contribution in [0.4, 0.5) is 0 Å². The van der Waals surface area contributed by atoms with Gasteiger partial charge in [0.05, 0.1) is 12.7 Å². The van der Waals surface area contributed by atoms with Gasteiger partial charge in [-0.25, -0.2) is 0 Å². The summed E-state index contributed by atoms with van der Waals surface area (Å²) in [7, 11) is 0. The number of carbonyl (C=O) groups is 1. The molecule has 4 nitrogen and oxygen atoms in total. The first-order valence-corrected chi connectivity index (χ1v) is 10.5. The molecule has 2 aliphatic carbocycles. The second kappa shape index (κ2) is 6.91. The van der Waals surface area contributed by atoms with E-state index < -0.39 is 0 Å². The number of hydrogen-bond acceptors (Lipinski definition) is 3. The summed E-state index contributed by atoms with van der Waals surface area (Å²) < 4.78 is 6.23. The van der Waals surface area contributed by atoms with Crippen LogP contribution in [0, 0.1) is 22.7 Å². The van der Waals surface area contributed by atoms with Crippen molar-refractivity contribution >= 4 is 29.1 Å². The van der Waals surface area contributed by atoms with E-state index in [2.05, 4.69) is 19.2 Å². The Morgan fingerprint density at radius 3 is 2.70 bits per heavy atom. The Balaban J connectivity index is 1.71. The number of rotatable bonds is 4. The van der Waals surface area contributed by atoms with Crippen LogP contribution in [0.5, 0.6) is 0 Å². The summed E-state index contributed by atoms with van der Waals surface area (Å²) in [6.07, 6.45) is 3.09. The van der Waals surface area contributed by atoms with Gasteiger partial charge in [-0.1, -0.05) is 43.1 Å². The molecule has 5 atom stereocenters. The van der Waals surface area contributed by atoms with Gasteiger partial charge in [0.25, 0.3) is 0 Å². The van der Waals surface area contributed by atoms with Crippen molar-refractivity contribution in [2.24, 2.45) is 22.7 Å². The van der Waals surface area contributed by atoms with Crippen LogP contribution < -0.4 is 5.32 Å². The van der Waals surface area contributed by atoms with E-state index in [1.54, 1.807) is 0 Å². The van der Waals surface area contributed by atoms with Crippen LogP contribution in [0.1, 0.15) is 51.2 Å². The molecule has 27 heavy (non-hydrogen) atoms. The van der Waals surface area contributed by atoms with Crippen LogP contribution in [0.15, 0.2) is 18.2 Å². The number of fused-ring (bicyclic) bond motifs is 1. The number of benzene rings is 1. The van der Waals surface area contributed by atoms with E-state index in [1.165, 1.54) is 0 Å². The molecule has 1 aromatic rings. The average Bonchev–Trinajstić information content (AvgIpc) is 3.09. The summed E-state index contributed by atoms with van der Waals surface area (Å²) in [5.41, 5.74) is 0.897. The van der Waals surface area contributed by atoms with E-state index in [0.717, 1.165) is 24.8 Å². The Bertz CT molecular complexity index is 733. The molecule has 3 fully saturated rings. The summed E-state index contributed by atoms with van der Waals surface area (Å²) in [5.74, 6) is 0.726. The summed E-state index contributed by atoms with van der Waals surface area (Å²) in [4.78, 5) is 12.3. The van der Waals surface area contributed by atoms with Crippen LogP contribution >= 0.6 is 23.2 Å². The molecule has 148 valence electrons. The predicted molar refractivity (Wildman–Crippen MR) is 106 cm³/mol. The Morgan fingerprint density at radius 1 is 1.33 bits per heavy atom. The largest absolute Gasteiger partial charge is 0.396 e. The molecule has 2 bridgehead atoms. The summed E-state index contributed by atoms with van der Waals surface area (Å²) in [6, 6.07) is 5.66. The monoisotopic (exact) mass is 411 g/mol. The molecule has 2 N–H and O–H groups in total. The second-order valence-electron chi connectivity index (χ2n) is 8.95. The molecule has 0 radical (unpaired) electrons. The Kier molecular flexibility index (Phi) is 4.99. The molecule has 4 rings (SSSR count). The molecule has 1 amide bonds. The van der Waals surface area contributed by atoms with Gasteiger partial charge in [-0.2, -0.15) is 0 Å². The summed E-state index contributed by atoms with van der Waals surface area (Å²) >= 11 is 13.0. The Hall–Kier alpha value is -0.810. The van der Waals surface area contributed by atoms with Crippen molar-refractivity contribution in [2.45, 2.75) is 51.7 Å². The summed E-state index contributed by atoms with van der Waals surface area (Å²) in [5, 5.41) is 13.7. The number of nitrogens with one attached hydrogen (secondary N) is 1. The van der Waals surface area contributed by atoms with Gasteiger partial charge in [0.15, 0.2) is 0 Å². The SMILES string of the molecule is CC1(C)[C@@H]2C[C@@H]3[C@@H](c4c(Cl)cccc4Cl)OCC[C@]3(C2)[C@H]1NC(=O)CCO. The third-order valence-corrected chi connectivity index (χ3v) is 8.09. The summed E-state index contributed by atoms with van der Waals surface area (Å²) in [6.45, 7) is 5.04. The molecular formula is C21H27Cl2NO3. The van der Waals surface area contributed by atoms with Crippen LogP contribution in [0.25, 0.3) is 0 Å². The lowest BCUT2D eigenvalue weighted by molar-refractivity contribution is -0.137. The fraction of sp³-hybridized carbons (Fsp3) is 0.667. The Morgan fingerprint density at radius 2 is 2.04 bits per heavy atom. The van der Waals surface area contributed by atoms with Crippen molar-refractivity contribution in [1.29, 1.82) is 0 Å². The maximum atomic E-state index is 12.3. The van der Waals surface area contributed by atoms with E-state index in [4.69, 9.17) is 33.0 Å². The number of halogens is 2. The van der Waals surface area contributed by atoms with Gasteiger partial charge in [0, 0.05) is 34.7 Å². The maximum Gasteiger partial charge on any atom is 0.222 e. The van der Waals surface area contributed by atoms with Gasteiger partial charge in [-0.3, -0.25) is 4.79 Å². The minimum atomic E-state index is -0.140. The number of carbonyl (C=O) groups excluding carboxylic acids is 1. The lowest BCUT2D eigenvalue weighted by Gasteiger charge is -2.53. The molecule has 1 aliphatic heterocycles. The fourth-order valence-corrected chi connectivity index (χ4v) is 6.80. The van der Waals surface area contributed by atoms with Gasteiger partial charge < -0.3 is 15.2 Å². The molecule has 1 saturated heterocycles. The van der Waals surface area contributed by atoms with Crippen molar-refractivity contribution in [2.75, 3.05) is 13.2 Å². The third kappa shape index (κ3) is 2.91. The topological polar surface area (TPSA) is 58.6 Å². The molecular weight excluding hydrogens is 385 g/mol. The van der Waals surface area contributed by atoms with Crippen LogP contribution in [0.2, 0.25) is 10.0 Å². The molecule has 1 heterocycles. The zero-order chi connectivity index (χ0) is 19.4. The van der Waals surface area contributed by atoms with Gasteiger partial charge in [-0.05, 0) is 54.1 Å². The van der Waals surface area contributed by atoms with E-state index in [9.17, 15) is 4.79 Å². The standard InChI is InChI=1S/C21H27Cl2NO3/c1-20(2)12-10-13-18(17-14(22)4-3-5-15(17)23)27-9-7-21(13,11-12)19(20)24-16(26)6-8-25/h3-5,12-13,18-19,25H,6-11H2,1-2H3,(H,24,26)/t12-,13-,18+,19+,21-/m1/s1. The van der Waals surface area contributed by atoms with Crippen molar-refractivity contribution < 1.29 is 14.6 Å². The van der Waals surface area contributed by atoms with E-state index >= 15 is 0 Å². The third-order valence-electron chi connectivity index (χ3n) is 7.43. The lowest BCUT2D eigenvalue weighted by atomic mass is 9.59.